The number of para-hydroxylation sites is 1. The lowest BCUT2D eigenvalue weighted by Gasteiger charge is -2.09. The summed E-state index contributed by atoms with van der Waals surface area (Å²) in [6.45, 7) is 0.276. The van der Waals surface area contributed by atoms with Crippen LogP contribution in [0.15, 0.2) is 59.0 Å². The van der Waals surface area contributed by atoms with E-state index >= 15 is 0 Å². The molecule has 1 N–H and O–H groups in total. The Morgan fingerprint density at radius 2 is 1.89 bits per heavy atom. The minimum Gasteiger partial charge on any atom is -0.493 e. The smallest absolute Gasteiger partial charge is 0.251 e. The van der Waals surface area contributed by atoms with Gasteiger partial charge in [-0.05, 0) is 42.5 Å². The van der Waals surface area contributed by atoms with Crippen molar-refractivity contribution < 1.29 is 18.7 Å². The topological polar surface area (TPSA) is 73.6 Å². The molecule has 4 aromatic rings. The summed E-state index contributed by atoms with van der Waals surface area (Å²) in [7, 11) is 3.09. The van der Waals surface area contributed by atoms with Gasteiger partial charge in [-0.1, -0.05) is 12.1 Å². The largest absolute Gasteiger partial charge is 0.493 e. The third kappa shape index (κ3) is 3.57. The Morgan fingerprint density at radius 1 is 1.07 bits per heavy atom. The summed E-state index contributed by atoms with van der Waals surface area (Å²) in [4.78, 5) is 17.0. The van der Waals surface area contributed by atoms with Gasteiger partial charge >= 0.3 is 0 Å². The molecule has 6 nitrogen and oxygen atoms in total. The molecular weight excluding hydrogens is 376 g/mol. The number of rotatable bonds is 6. The number of ether oxygens (including phenoxy) is 2. The van der Waals surface area contributed by atoms with Crippen molar-refractivity contribution in [1.29, 1.82) is 0 Å². The van der Waals surface area contributed by atoms with Gasteiger partial charge in [0.25, 0.3) is 5.91 Å². The number of methoxy groups -OCH3 is 2. The van der Waals surface area contributed by atoms with Crippen LogP contribution in [0.3, 0.4) is 0 Å². The molecule has 4 rings (SSSR count). The van der Waals surface area contributed by atoms with E-state index in [0.29, 0.717) is 28.6 Å². The zero-order valence-electron chi connectivity index (χ0n) is 15.4. The molecule has 2 heterocycles. The Hall–Kier alpha value is -3.32. The highest BCUT2D eigenvalue weighted by molar-refractivity contribution is 7.21. The first-order chi connectivity index (χ1) is 13.7. The number of fused-ring (bicyclic) bond motifs is 1. The maximum absolute atomic E-state index is 12.4. The van der Waals surface area contributed by atoms with Crippen molar-refractivity contribution in [3.63, 3.8) is 0 Å². The number of amides is 1. The molecule has 0 fully saturated rings. The molecule has 0 saturated carbocycles. The van der Waals surface area contributed by atoms with Crippen molar-refractivity contribution in [2.24, 2.45) is 0 Å². The van der Waals surface area contributed by atoms with Crippen molar-refractivity contribution in [3.8, 4) is 22.3 Å². The lowest BCUT2D eigenvalue weighted by molar-refractivity contribution is 0.0947. The van der Waals surface area contributed by atoms with Gasteiger partial charge in [0.15, 0.2) is 22.3 Å². The number of carbonyl (C=O) groups is 1. The number of benzene rings is 2. The molecule has 0 bridgehead atoms. The lowest BCUT2D eigenvalue weighted by Crippen LogP contribution is -2.22. The number of nitrogens with one attached hydrogen (secondary N) is 1. The first kappa shape index (κ1) is 18.1. The summed E-state index contributed by atoms with van der Waals surface area (Å²) < 4.78 is 17.4. The van der Waals surface area contributed by atoms with Crippen LogP contribution in [-0.4, -0.2) is 25.1 Å². The molecule has 2 aromatic carbocycles. The first-order valence-corrected chi connectivity index (χ1v) is 9.44. The standard InChI is InChI=1S/C21H18N2O4S/c1-25-16-9-7-13(11-18(16)26-2)20(24)22-12-14-8-10-17(27-14)21-23-15-5-3-4-6-19(15)28-21/h3-11H,12H2,1-2H3,(H,22,24). The quantitative estimate of drug-likeness (QED) is 0.521. The van der Waals surface area contributed by atoms with Crippen LogP contribution in [0.4, 0.5) is 0 Å². The minimum atomic E-state index is -0.223. The van der Waals surface area contributed by atoms with E-state index in [1.165, 1.54) is 7.11 Å². The summed E-state index contributed by atoms with van der Waals surface area (Å²) in [6.07, 6.45) is 0. The number of aromatic nitrogens is 1. The van der Waals surface area contributed by atoms with Crippen molar-refractivity contribution in [2.75, 3.05) is 14.2 Å². The van der Waals surface area contributed by atoms with Gasteiger partial charge in [-0.2, -0.15) is 0 Å². The fourth-order valence-electron chi connectivity index (χ4n) is 2.81. The van der Waals surface area contributed by atoms with E-state index in [0.717, 1.165) is 15.2 Å². The van der Waals surface area contributed by atoms with Crippen LogP contribution in [0.5, 0.6) is 11.5 Å². The molecule has 0 spiro atoms. The average Bonchev–Trinajstić information content (AvgIpc) is 3.38. The molecule has 1 amide bonds. The maximum Gasteiger partial charge on any atom is 0.251 e. The molecule has 0 atom stereocenters. The highest BCUT2D eigenvalue weighted by Gasteiger charge is 2.13. The number of thiazole rings is 1. The number of furan rings is 1. The predicted octanol–water partition coefficient (Wildman–Crippen LogP) is 4.50. The highest BCUT2D eigenvalue weighted by atomic mass is 32.1. The molecule has 28 heavy (non-hydrogen) atoms. The van der Waals surface area contributed by atoms with Crippen molar-refractivity contribution in [3.05, 3.63) is 65.9 Å². The van der Waals surface area contributed by atoms with Gasteiger partial charge in [0.2, 0.25) is 0 Å². The molecule has 0 saturated heterocycles. The van der Waals surface area contributed by atoms with Crippen LogP contribution in [-0.2, 0) is 6.54 Å². The van der Waals surface area contributed by atoms with E-state index in [2.05, 4.69) is 10.3 Å². The fourth-order valence-corrected chi connectivity index (χ4v) is 3.74. The van der Waals surface area contributed by atoms with Gasteiger partial charge in [-0.25, -0.2) is 4.98 Å². The van der Waals surface area contributed by atoms with E-state index in [1.807, 2.05) is 36.4 Å². The Bertz CT molecular complexity index is 1100. The fraction of sp³-hybridized carbons (Fsp3) is 0.143. The second-order valence-electron chi connectivity index (χ2n) is 6.01. The maximum atomic E-state index is 12.4. The van der Waals surface area contributed by atoms with Crippen LogP contribution >= 0.6 is 11.3 Å². The van der Waals surface area contributed by atoms with E-state index in [4.69, 9.17) is 13.9 Å². The summed E-state index contributed by atoms with van der Waals surface area (Å²) in [6, 6.07) is 16.7. The Morgan fingerprint density at radius 3 is 2.68 bits per heavy atom. The lowest BCUT2D eigenvalue weighted by atomic mass is 10.2. The molecular formula is C21H18N2O4S. The SMILES string of the molecule is COc1ccc(C(=O)NCc2ccc(-c3nc4ccccc4s3)o2)cc1OC. The zero-order chi connectivity index (χ0) is 19.5. The molecule has 7 heteroatoms. The Labute approximate surface area is 165 Å². The number of carbonyl (C=O) groups excluding carboxylic acids is 1. The van der Waals surface area contributed by atoms with Gasteiger partial charge in [0.05, 0.1) is 31.0 Å². The summed E-state index contributed by atoms with van der Waals surface area (Å²) in [5, 5.41) is 3.67. The van der Waals surface area contributed by atoms with Crippen LogP contribution < -0.4 is 14.8 Å². The second kappa shape index (κ2) is 7.74. The monoisotopic (exact) mass is 394 g/mol. The Kier molecular flexibility index (Phi) is 4.99. The summed E-state index contributed by atoms with van der Waals surface area (Å²) >= 11 is 1.57. The summed E-state index contributed by atoms with van der Waals surface area (Å²) in [5.41, 5.74) is 1.43. The van der Waals surface area contributed by atoms with Gasteiger partial charge in [0.1, 0.15) is 5.76 Å². The van der Waals surface area contributed by atoms with Crippen molar-refractivity contribution >= 4 is 27.5 Å². The predicted molar refractivity (Wildman–Crippen MR) is 108 cm³/mol. The highest BCUT2D eigenvalue weighted by Crippen LogP contribution is 2.31. The third-order valence-corrected chi connectivity index (χ3v) is 5.29. The van der Waals surface area contributed by atoms with Crippen LogP contribution in [0.25, 0.3) is 21.0 Å². The van der Waals surface area contributed by atoms with Gasteiger partial charge in [0, 0.05) is 5.56 Å². The minimum absolute atomic E-state index is 0.223. The normalized spacial score (nSPS) is 10.8. The van der Waals surface area contributed by atoms with Gasteiger partial charge in [-0.15, -0.1) is 11.3 Å². The number of nitrogens with zero attached hydrogens (tertiary/aromatic N) is 1. The number of hydrogen-bond acceptors (Lipinski definition) is 6. The molecule has 0 radical (unpaired) electrons. The average molecular weight is 394 g/mol. The van der Waals surface area contributed by atoms with Crippen molar-refractivity contribution in [2.45, 2.75) is 6.54 Å². The zero-order valence-corrected chi connectivity index (χ0v) is 16.2. The van der Waals surface area contributed by atoms with E-state index in [1.54, 1.807) is 36.6 Å². The Balaban J connectivity index is 1.45. The molecule has 0 unspecified atom stereocenters. The van der Waals surface area contributed by atoms with E-state index in [9.17, 15) is 4.79 Å². The second-order valence-corrected chi connectivity index (χ2v) is 7.04. The third-order valence-electron chi connectivity index (χ3n) is 4.24. The van der Waals surface area contributed by atoms with Crippen LogP contribution in [0, 0.1) is 0 Å². The molecule has 0 aliphatic carbocycles. The summed E-state index contributed by atoms with van der Waals surface area (Å²) in [5.74, 6) is 2.20. The van der Waals surface area contributed by atoms with Crippen LogP contribution in [0.2, 0.25) is 0 Å². The molecule has 142 valence electrons. The van der Waals surface area contributed by atoms with Crippen molar-refractivity contribution in [1.82, 2.24) is 10.3 Å². The molecule has 2 aromatic heterocycles. The van der Waals surface area contributed by atoms with Gasteiger partial charge < -0.3 is 19.2 Å². The molecule has 0 aliphatic heterocycles. The molecule has 0 aliphatic rings. The first-order valence-electron chi connectivity index (χ1n) is 8.63. The van der Waals surface area contributed by atoms with Gasteiger partial charge in [-0.3, -0.25) is 4.79 Å². The number of hydrogen-bond donors (Lipinski definition) is 1. The van der Waals surface area contributed by atoms with E-state index in [-0.39, 0.29) is 12.5 Å². The van der Waals surface area contributed by atoms with E-state index < -0.39 is 0 Å². The van der Waals surface area contributed by atoms with Crippen LogP contribution in [0.1, 0.15) is 16.1 Å².